The average Bonchev–Trinajstić information content (AvgIpc) is 2.78. The summed E-state index contributed by atoms with van der Waals surface area (Å²) in [5, 5.41) is 6.81. The molecule has 1 amide bonds. The number of anilines is 3. The minimum atomic E-state index is -0.272. The summed E-state index contributed by atoms with van der Waals surface area (Å²) in [7, 11) is 0. The first kappa shape index (κ1) is 20.8. The van der Waals surface area contributed by atoms with E-state index in [-0.39, 0.29) is 5.91 Å². The van der Waals surface area contributed by atoms with E-state index < -0.39 is 0 Å². The Kier molecular flexibility index (Phi) is 6.11. The van der Waals surface area contributed by atoms with E-state index in [1.807, 2.05) is 31.2 Å². The Balaban J connectivity index is 1.55. The van der Waals surface area contributed by atoms with Crippen molar-refractivity contribution in [3.63, 3.8) is 0 Å². The molecule has 0 spiro atoms. The fourth-order valence-electron chi connectivity index (χ4n) is 2.89. The first-order valence-electron chi connectivity index (χ1n) is 9.37. The summed E-state index contributed by atoms with van der Waals surface area (Å²) >= 11 is 12.0. The molecule has 2 aromatic carbocycles. The highest BCUT2D eigenvalue weighted by Crippen LogP contribution is 2.26. The van der Waals surface area contributed by atoms with Crippen molar-refractivity contribution in [1.82, 2.24) is 15.0 Å². The molecular formula is C23H17Cl2N5O. The van der Waals surface area contributed by atoms with Crippen LogP contribution in [0, 0.1) is 6.92 Å². The van der Waals surface area contributed by atoms with E-state index in [0.717, 1.165) is 22.5 Å². The lowest BCUT2D eigenvalue weighted by molar-refractivity contribution is 0.102. The third kappa shape index (κ3) is 4.99. The van der Waals surface area contributed by atoms with E-state index in [2.05, 4.69) is 25.6 Å². The number of aromatic nitrogens is 3. The zero-order chi connectivity index (χ0) is 21.8. The molecule has 6 nitrogen and oxygen atoms in total. The molecule has 0 aliphatic rings. The lowest BCUT2D eigenvalue weighted by Crippen LogP contribution is -2.12. The molecule has 2 N–H and O–H groups in total. The summed E-state index contributed by atoms with van der Waals surface area (Å²) in [5.74, 6) is 0.151. The van der Waals surface area contributed by atoms with Crippen molar-refractivity contribution < 1.29 is 4.79 Å². The molecule has 4 rings (SSSR count). The van der Waals surface area contributed by atoms with Crippen LogP contribution in [0.3, 0.4) is 0 Å². The van der Waals surface area contributed by atoms with Gasteiger partial charge < -0.3 is 10.6 Å². The maximum absolute atomic E-state index is 12.7. The smallest absolute Gasteiger partial charge is 0.255 e. The predicted octanol–water partition coefficient (Wildman–Crippen LogP) is 6.15. The van der Waals surface area contributed by atoms with Crippen LogP contribution < -0.4 is 10.6 Å². The van der Waals surface area contributed by atoms with Gasteiger partial charge in [0.05, 0.1) is 15.7 Å². The van der Waals surface area contributed by atoms with E-state index in [9.17, 15) is 4.79 Å². The number of halogens is 2. The highest BCUT2D eigenvalue weighted by Gasteiger charge is 2.11. The maximum atomic E-state index is 12.7. The number of benzene rings is 2. The van der Waals surface area contributed by atoms with Crippen molar-refractivity contribution in [3.05, 3.63) is 94.4 Å². The van der Waals surface area contributed by atoms with Crippen molar-refractivity contribution in [2.75, 3.05) is 10.6 Å². The van der Waals surface area contributed by atoms with E-state index in [0.29, 0.717) is 27.2 Å². The van der Waals surface area contributed by atoms with Crippen molar-refractivity contribution >= 4 is 46.4 Å². The summed E-state index contributed by atoms with van der Waals surface area (Å²) in [6.07, 6.45) is 5.13. The van der Waals surface area contributed by atoms with Crippen LogP contribution in [-0.2, 0) is 0 Å². The van der Waals surface area contributed by atoms with E-state index >= 15 is 0 Å². The average molecular weight is 450 g/mol. The molecule has 0 atom stereocenters. The van der Waals surface area contributed by atoms with Crippen LogP contribution in [0.2, 0.25) is 10.0 Å². The molecule has 2 aromatic heterocycles. The summed E-state index contributed by atoms with van der Waals surface area (Å²) in [4.78, 5) is 25.7. The molecule has 0 saturated carbocycles. The van der Waals surface area contributed by atoms with Crippen LogP contribution in [-0.4, -0.2) is 20.9 Å². The fourth-order valence-corrected chi connectivity index (χ4v) is 3.19. The zero-order valence-electron chi connectivity index (χ0n) is 16.4. The van der Waals surface area contributed by atoms with Gasteiger partial charge in [0.25, 0.3) is 5.91 Å². The van der Waals surface area contributed by atoms with Gasteiger partial charge in [-0.25, -0.2) is 9.97 Å². The minimum Gasteiger partial charge on any atom is -0.324 e. The molecule has 0 aliphatic heterocycles. The molecule has 4 aromatic rings. The first-order valence-corrected chi connectivity index (χ1v) is 10.1. The quantitative estimate of drug-likeness (QED) is 0.381. The van der Waals surface area contributed by atoms with Gasteiger partial charge in [0.2, 0.25) is 5.95 Å². The number of aryl methyl sites for hydroxylation is 1. The Morgan fingerprint density at radius 1 is 0.968 bits per heavy atom. The van der Waals surface area contributed by atoms with E-state index in [4.69, 9.17) is 23.2 Å². The molecule has 0 aliphatic carbocycles. The maximum Gasteiger partial charge on any atom is 0.255 e. The van der Waals surface area contributed by atoms with Crippen molar-refractivity contribution in [2.24, 2.45) is 0 Å². The van der Waals surface area contributed by atoms with Gasteiger partial charge >= 0.3 is 0 Å². The number of hydrogen-bond acceptors (Lipinski definition) is 5. The van der Waals surface area contributed by atoms with Gasteiger partial charge in [0, 0.05) is 41.1 Å². The lowest BCUT2D eigenvalue weighted by atomic mass is 10.1. The van der Waals surface area contributed by atoms with Gasteiger partial charge in [0.1, 0.15) is 0 Å². The number of carbonyl (C=O) groups is 1. The number of nitrogens with zero attached hydrogens (tertiary/aromatic N) is 3. The highest BCUT2D eigenvalue weighted by molar-refractivity contribution is 6.42. The second-order valence-electron chi connectivity index (χ2n) is 6.74. The first-order chi connectivity index (χ1) is 15.0. The highest BCUT2D eigenvalue weighted by atomic mass is 35.5. The normalized spacial score (nSPS) is 10.5. The van der Waals surface area contributed by atoms with Gasteiger partial charge in [-0.3, -0.25) is 9.78 Å². The fraction of sp³-hybridized carbons (Fsp3) is 0.0435. The number of nitrogens with one attached hydrogen (secondary N) is 2. The molecule has 0 radical (unpaired) electrons. The molecule has 2 heterocycles. The standard InChI is InChI=1S/C23H17Cl2N5O/c1-14-4-5-15(22(31)28-17-6-7-18(24)19(25)12-17)11-21(14)30-23-27-10-8-20(29-23)16-3-2-9-26-13-16/h2-13H,1H3,(H,28,31)(H,27,29,30). The van der Waals surface area contributed by atoms with Gasteiger partial charge in [-0.15, -0.1) is 0 Å². The second kappa shape index (κ2) is 9.12. The third-order valence-electron chi connectivity index (χ3n) is 4.54. The van der Waals surface area contributed by atoms with E-state index in [1.54, 1.807) is 48.9 Å². The zero-order valence-corrected chi connectivity index (χ0v) is 17.9. The van der Waals surface area contributed by atoms with Crippen LogP contribution in [0.15, 0.2) is 73.2 Å². The van der Waals surface area contributed by atoms with Gasteiger partial charge in [-0.2, -0.15) is 0 Å². The number of rotatable bonds is 5. The van der Waals surface area contributed by atoms with Crippen molar-refractivity contribution in [1.29, 1.82) is 0 Å². The van der Waals surface area contributed by atoms with Gasteiger partial charge in [-0.05, 0) is 61.0 Å². The topological polar surface area (TPSA) is 79.8 Å². The summed E-state index contributed by atoms with van der Waals surface area (Å²) in [5.41, 5.74) is 4.34. The molecule has 0 bridgehead atoms. The summed E-state index contributed by atoms with van der Waals surface area (Å²) < 4.78 is 0. The largest absolute Gasteiger partial charge is 0.324 e. The van der Waals surface area contributed by atoms with Crippen LogP contribution in [0.5, 0.6) is 0 Å². The number of amides is 1. The van der Waals surface area contributed by atoms with Crippen molar-refractivity contribution in [2.45, 2.75) is 6.92 Å². The van der Waals surface area contributed by atoms with Crippen LogP contribution in [0.4, 0.5) is 17.3 Å². The van der Waals surface area contributed by atoms with Crippen LogP contribution >= 0.6 is 23.2 Å². The Morgan fingerprint density at radius 3 is 2.61 bits per heavy atom. The monoisotopic (exact) mass is 449 g/mol. The van der Waals surface area contributed by atoms with Crippen molar-refractivity contribution in [3.8, 4) is 11.3 Å². The molecule has 0 saturated heterocycles. The Bertz CT molecular complexity index is 1250. The number of pyridine rings is 1. The molecule has 0 fully saturated rings. The predicted molar refractivity (Wildman–Crippen MR) is 124 cm³/mol. The van der Waals surface area contributed by atoms with Crippen LogP contribution in [0.25, 0.3) is 11.3 Å². The Hall–Kier alpha value is -3.48. The third-order valence-corrected chi connectivity index (χ3v) is 5.28. The molecule has 8 heteroatoms. The number of hydrogen-bond donors (Lipinski definition) is 2. The summed E-state index contributed by atoms with van der Waals surface area (Å²) in [6, 6.07) is 15.9. The second-order valence-corrected chi connectivity index (χ2v) is 7.56. The van der Waals surface area contributed by atoms with Gasteiger partial charge in [0.15, 0.2) is 0 Å². The molecular weight excluding hydrogens is 433 g/mol. The lowest BCUT2D eigenvalue weighted by Gasteiger charge is -2.12. The Labute approximate surface area is 189 Å². The van der Waals surface area contributed by atoms with Crippen LogP contribution in [0.1, 0.15) is 15.9 Å². The summed E-state index contributed by atoms with van der Waals surface area (Å²) in [6.45, 7) is 1.94. The molecule has 31 heavy (non-hydrogen) atoms. The SMILES string of the molecule is Cc1ccc(C(=O)Nc2ccc(Cl)c(Cl)c2)cc1Nc1nccc(-c2cccnc2)n1. The Morgan fingerprint density at radius 2 is 1.84 bits per heavy atom. The molecule has 154 valence electrons. The minimum absolute atomic E-state index is 0.272. The van der Waals surface area contributed by atoms with Gasteiger partial charge in [-0.1, -0.05) is 29.3 Å². The number of carbonyl (C=O) groups excluding carboxylic acids is 1. The van der Waals surface area contributed by atoms with E-state index in [1.165, 1.54) is 0 Å². The molecule has 0 unspecified atom stereocenters.